The SMILES string of the molecule is C=CC1=C(C=N)CCCC1.CCC. The zero-order chi connectivity index (χ0) is 10.1. The summed E-state index contributed by atoms with van der Waals surface area (Å²) >= 11 is 0. The molecule has 0 bridgehead atoms. The smallest absolute Gasteiger partial charge is 0.0212 e. The van der Waals surface area contributed by atoms with Crippen LogP contribution in [-0.4, -0.2) is 6.21 Å². The van der Waals surface area contributed by atoms with Crippen molar-refractivity contribution in [2.45, 2.75) is 46.0 Å². The van der Waals surface area contributed by atoms with Crippen molar-refractivity contribution in [3.8, 4) is 0 Å². The van der Waals surface area contributed by atoms with E-state index in [0.29, 0.717) is 0 Å². The highest BCUT2D eigenvalue weighted by atomic mass is 14.3. The van der Waals surface area contributed by atoms with Gasteiger partial charge < -0.3 is 5.41 Å². The van der Waals surface area contributed by atoms with Crippen LogP contribution < -0.4 is 0 Å². The summed E-state index contributed by atoms with van der Waals surface area (Å²) in [6, 6.07) is 0. The average Bonchev–Trinajstić information content (AvgIpc) is 2.19. The van der Waals surface area contributed by atoms with Crippen LogP contribution >= 0.6 is 0 Å². The van der Waals surface area contributed by atoms with E-state index in [0.717, 1.165) is 12.8 Å². The summed E-state index contributed by atoms with van der Waals surface area (Å²) in [5, 5.41) is 7.10. The maximum atomic E-state index is 7.10. The van der Waals surface area contributed by atoms with Crippen LogP contribution in [0.25, 0.3) is 0 Å². The third-order valence-electron chi connectivity index (χ3n) is 1.98. The molecular formula is C12H21N. The first-order valence-electron chi connectivity index (χ1n) is 5.15. The van der Waals surface area contributed by atoms with Gasteiger partial charge in [-0.1, -0.05) is 32.9 Å². The van der Waals surface area contributed by atoms with Crippen LogP contribution in [0.4, 0.5) is 0 Å². The molecule has 0 aliphatic heterocycles. The van der Waals surface area contributed by atoms with Gasteiger partial charge in [0.1, 0.15) is 0 Å². The Labute approximate surface area is 82.1 Å². The van der Waals surface area contributed by atoms with Crippen LogP contribution in [0.1, 0.15) is 46.0 Å². The molecule has 13 heavy (non-hydrogen) atoms. The lowest BCUT2D eigenvalue weighted by Gasteiger charge is -2.13. The number of allylic oxidation sites excluding steroid dienone is 3. The highest BCUT2D eigenvalue weighted by molar-refractivity contribution is 5.78. The van der Waals surface area contributed by atoms with Gasteiger partial charge in [-0.05, 0) is 36.8 Å². The first-order valence-corrected chi connectivity index (χ1v) is 5.15. The van der Waals surface area contributed by atoms with Gasteiger partial charge in [-0.25, -0.2) is 0 Å². The zero-order valence-electron chi connectivity index (χ0n) is 8.90. The highest BCUT2D eigenvalue weighted by Crippen LogP contribution is 2.23. The first-order chi connectivity index (χ1) is 6.29. The fourth-order valence-corrected chi connectivity index (χ4v) is 1.35. The summed E-state index contributed by atoms with van der Waals surface area (Å²) < 4.78 is 0. The van der Waals surface area contributed by atoms with Crippen molar-refractivity contribution in [3.05, 3.63) is 23.8 Å². The molecule has 0 saturated heterocycles. The van der Waals surface area contributed by atoms with Crippen molar-refractivity contribution in [1.29, 1.82) is 5.41 Å². The molecule has 74 valence electrons. The summed E-state index contributed by atoms with van der Waals surface area (Å²) in [6.07, 6.45) is 9.30. The van der Waals surface area contributed by atoms with Gasteiger partial charge in [-0.3, -0.25) is 0 Å². The van der Waals surface area contributed by atoms with Gasteiger partial charge in [0.25, 0.3) is 0 Å². The van der Waals surface area contributed by atoms with E-state index in [2.05, 4.69) is 20.4 Å². The van der Waals surface area contributed by atoms with Gasteiger partial charge in [0, 0.05) is 6.21 Å². The van der Waals surface area contributed by atoms with Crippen LogP contribution in [0.5, 0.6) is 0 Å². The van der Waals surface area contributed by atoms with Gasteiger partial charge in [0.15, 0.2) is 0 Å². The lowest BCUT2D eigenvalue weighted by Crippen LogP contribution is -1.98. The molecule has 1 heteroatoms. The van der Waals surface area contributed by atoms with E-state index < -0.39 is 0 Å². The molecule has 0 unspecified atom stereocenters. The van der Waals surface area contributed by atoms with Gasteiger partial charge in [0.05, 0.1) is 0 Å². The molecule has 1 nitrogen and oxygen atoms in total. The molecule has 1 aliphatic rings. The van der Waals surface area contributed by atoms with Crippen LogP contribution in [-0.2, 0) is 0 Å². The summed E-state index contributed by atoms with van der Waals surface area (Å²) in [6.45, 7) is 7.97. The highest BCUT2D eigenvalue weighted by Gasteiger charge is 2.06. The predicted octanol–water partition coefficient (Wildman–Crippen LogP) is 4.11. The summed E-state index contributed by atoms with van der Waals surface area (Å²) in [5.74, 6) is 0. The van der Waals surface area contributed by atoms with Gasteiger partial charge in [-0.15, -0.1) is 0 Å². The molecule has 1 aliphatic carbocycles. The van der Waals surface area contributed by atoms with E-state index in [1.165, 1.54) is 36.6 Å². The van der Waals surface area contributed by atoms with E-state index >= 15 is 0 Å². The lowest BCUT2D eigenvalue weighted by molar-refractivity contribution is 0.700. The Bertz CT molecular complexity index is 169. The van der Waals surface area contributed by atoms with Crippen LogP contribution in [0.3, 0.4) is 0 Å². The van der Waals surface area contributed by atoms with Crippen molar-refractivity contribution in [3.63, 3.8) is 0 Å². The molecule has 1 rings (SSSR count). The molecule has 0 spiro atoms. The Morgan fingerprint density at radius 3 is 2.00 bits per heavy atom. The second kappa shape index (κ2) is 7.78. The Morgan fingerprint density at radius 1 is 1.23 bits per heavy atom. The minimum Gasteiger partial charge on any atom is -0.308 e. The third-order valence-corrected chi connectivity index (χ3v) is 1.98. The number of hydrogen-bond acceptors (Lipinski definition) is 1. The topological polar surface area (TPSA) is 23.9 Å². The maximum Gasteiger partial charge on any atom is 0.0212 e. The van der Waals surface area contributed by atoms with Crippen molar-refractivity contribution in [1.82, 2.24) is 0 Å². The Balaban J connectivity index is 0.000000424. The molecular weight excluding hydrogens is 158 g/mol. The van der Waals surface area contributed by atoms with E-state index in [1.807, 2.05) is 6.08 Å². The van der Waals surface area contributed by atoms with Crippen molar-refractivity contribution in [2.24, 2.45) is 0 Å². The number of nitrogens with one attached hydrogen (secondary N) is 1. The van der Waals surface area contributed by atoms with E-state index in [-0.39, 0.29) is 0 Å². The molecule has 0 saturated carbocycles. The summed E-state index contributed by atoms with van der Waals surface area (Å²) in [7, 11) is 0. The van der Waals surface area contributed by atoms with E-state index in [9.17, 15) is 0 Å². The largest absolute Gasteiger partial charge is 0.308 e. The Morgan fingerprint density at radius 2 is 1.69 bits per heavy atom. The predicted molar refractivity (Wildman–Crippen MR) is 60.4 cm³/mol. The minimum absolute atomic E-state index is 1.07. The standard InChI is InChI=1S/C9H13N.C3H8/c1-2-8-5-3-4-6-9(8)7-10;1-3-2/h2,7,10H,1,3-6H2;3H2,1-2H3. The molecule has 0 heterocycles. The van der Waals surface area contributed by atoms with Gasteiger partial charge in [0.2, 0.25) is 0 Å². The van der Waals surface area contributed by atoms with E-state index in [4.69, 9.17) is 5.41 Å². The Hall–Kier alpha value is -0.850. The molecule has 1 N–H and O–H groups in total. The van der Waals surface area contributed by atoms with Gasteiger partial charge in [-0.2, -0.15) is 0 Å². The van der Waals surface area contributed by atoms with Crippen molar-refractivity contribution in [2.75, 3.05) is 0 Å². The maximum absolute atomic E-state index is 7.10. The molecule has 0 atom stereocenters. The molecule has 0 fully saturated rings. The fraction of sp³-hybridized carbons (Fsp3) is 0.583. The molecule has 0 amide bonds. The first kappa shape index (κ1) is 12.2. The van der Waals surface area contributed by atoms with Crippen LogP contribution in [0, 0.1) is 5.41 Å². The fourth-order valence-electron chi connectivity index (χ4n) is 1.35. The monoisotopic (exact) mass is 179 g/mol. The average molecular weight is 179 g/mol. The second-order valence-corrected chi connectivity index (χ2v) is 3.31. The lowest BCUT2D eigenvalue weighted by atomic mass is 9.92. The number of hydrogen-bond donors (Lipinski definition) is 1. The second-order valence-electron chi connectivity index (χ2n) is 3.31. The molecule has 0 aromatic carbocycles. The molecule has 0 aromatic heterocycles. The number of rotatable bonds is 2. The molecule has 0 radical (unpaired) electrons. The quantitative estimate of drug-likeness (QED) is 0.617. The van der Waals surface area contributed by atoms with E-state index in [1.54, 1.807) is 0 Å². The molecule has 0 aromatic rings. The van der Waals surface area contributed by atoms with Gasteiger partial charge >= 0.3 is 0 Å². The normalized spacial score (nSPS) is 15.8. The summed E-state index contributed by atoms with van der Waals surface area (Å²) in [4.78, 5) is 0. The van der Waals surface area contributed by atoms with Crippen molar-refractivity contribution < 1.29 is 0 Å². The minimum atomic E-state index is 1.07. The third kappa shape index (κ3) is 4.66. The summed E-state index contributed by atoms with van der Waals surface area (Å²) in [5.41, 5.74) is 2.46. The Kier molecular flexibility index (Phi) is 7.27. The van der Waals surface area contributed by atoms with Crippen molar-refractivity contribution >= 4 is 6.21 Å². The van der Waals surface area contributed by atoms with Crippen LogP contribution in [0.2, 0.25) is 0 Å². The zero-order valence-corrected chi connectivity index (χ0v) is 8.90. The van der Waals surface area contributed by atoms with Crippen LogP contribution in [0.15, 0.2) is 23.8 Å².